The summed E-state index contributed by atoms with van der Waals surface area (Å²) in [7, 11) is 0. The predicted octanol–water partition coefficient (Wildman–Crippen LogP) is 1.61. The molecule has 0 aliphatic carbocycles. The fourth-order valence-electron chi connectivity index (χ4n) is 2.78. The van der Waals surface area contributed by atoms with Crippen molar-refractivity contribution in [3.05, 3.63) is 48.7 Å². The molecular formula is C16H19FN6O. The molecule has 7 nitrogen and oxygen atoms in total. The Morgan fingerprint density at radius 3 is 2.92 bits per heavy atom. The van der Waals surface area contributed by atoms with Crippen LogP contribution in [-0.4, -0.2) is 51.2 Å². The molecule has 0 saturated carbocycles. The topological polar surface area (TPSA) is 83.0 Å². The molecule has 2 amide bonds. The summed E-state index contributed by atoms with van der Waals surface area (Å²) in [4.78, 5) is 25.9. The lowest BCUT2D eigenvalue weighted by atomic mass is 10.2. The number of halogens is 1. The smallest absolute Gasteiger partial charge is 0.320 e. The van der Waals surface area contributed by atoms with Crippen molar-refractivity contribution in [3.63, 3.8) is 0 Å². The third-order valence-electron chi connectivity index (χ3n) is 3.88. The molecule has 8 heteroatoms. The van der Waals surface area contributed by atoms with Gasteiger partial charge in [0.2, 0.25) is 0 Å². The van der Waals surface area contributed by atoms with Gasteiger partial charge >= 0.3 is 6.03 Å². The Balaban J connectivity index is 1.52. The van der Waals surface area contributed by atoms with E-state index in [1.807, 2.05) is 4.90 Å². The Labute approximate surface area is 139 Å². The maximum atomic E-state index is 13.8. The van der Waals surface area contributed by atoms with Crippen LogP contribution in [0.5, 0.6) is 0 Å². The molecule has 24 heavy (non-hydrogen) atoms. The third-order valence-corrected chi connectivity index (χ3v) is 3.88. The van der Waals surface area contributed by atoms with E-state index in [9.17, 15) is 9.18 Å². The molecule has 2 atom stereocenters. The number of hydrogen-bond donors (Lipinski definition) is 2. The van der Waals surface area contributed by atoms with Gasteiger partial charge in [0.05, 0.1) is 0 Å². The van der Waals surface area contributed by atoms with Crippen LogP contribution in [0.2, 0.25) is 0 Å². The number of hydrogen-bond acceptors (Lipinski definition) is 5. The molecule has 1 aliphatic rings. The van der Waals surface area contributed by atoms with E-state index in [-0.39, 0.29) is 12.1 Å². The van der Waals surface area contributed by atoms with Crippen LogP contribution in [0.15, 0.2) is 43.1 Å². The molecule has 0 bridgehead atoms. The van der Waals surface area contributed by atoms with Crippen LogP contribution in [0.3, 0.4) is 0 Å². The van der Waals surface area contributed by atoms with E-state index in [4.69, 9.17) is 0 Å². The lowest BCUT2D eigenvalue weighted by molar-refractivity contribution is 0.224. The zero-order valence-electron chi connectivity index (χ0n) is 13.1. The number of alkyl halides is 1. The van der Waals surface area contributed by atoms with Gasteiger partial charge in [0.1, 0.15) is 18.3 Å². The highest BCUT2D eigenvalue weighted by Gasteiger charge is 2.32. The first-order valence-electron chi connectivity index (χ1n) is 7.78. The van der Waals surface area contributed by atoms with E-state index >= 15 is 0 Å². The Morgan fingerprint density at radius 2 is 2.17 bits per heavy atom. The second-order valence-corrected chi connectivity index (χ2v) is 5.71. The molecule has 3 heterocycles. The normalized spacial score (nSPS) is 20.7. The van der Waals surface area contributed by atoms with Gasteiger partial charge in [-0.3, -0.25) is 10.2 Å². The van der Waals surface area contributed by atoms with Crippen molar-refractivity contribution in [1.82, 2.24) is 25.2 Å². The number of carbonyl (C=O) groups is 1. The van der Waals surface area contributed by atoms with Crippen LogP contribution in [0.1, 0.15) is 12.0 Å². The standard InChI is InChI=1S/C16H19FN6O/c17-13-5-14(23(10-13)9-12-6-18-11-19-7-12)8-21-16(24)22-15-3-1-2-4-20-15/h1-4,6-7,11,13-14H,5,8-10H2,(H2,20,21,22,24)/t13-,14-/m0/s1. The molecule has 0 radical (unpaired) electrons. The molecule has 1 saturated heterocycles. The van der Waals surface area contributed by atoms with Gasteiger partial charge in [0.15, 0.2) is 0 Å². The fourth-order valence-corrected chi connectivity index (χ4v) is 2.78. The Morgan fingerprint density at radius 1 is 1.33 bits per heavy atom. The highest BCUT2D eigenvalue weighted by Crippen LogP contribution is 2.22. The number of likely N-dealkylation sites (tertiary alicyclic amines) is 1. The molecule has 0 unspecified atom stereocenters. The van der Waals surface area contributed by atoms with Crippen molar-refractivity contribution in [2.75, 3.05) is 18.4 Å². The number of aromatic nitrogens is 3. The Hall–Kier alpha value is -2.61. The SMILES string of the molecule is O=C(NC[C@@H]1C[C@H](F)CN1Cc1cncnc1)Nc1ccccn1. The van der Waals surface area contributed by atoms with Crippen LogP contribution in [-0.2, 0) is 6.54 Å². The highest BCUT2D eigenvalue weighted by molar-refractivity contribution is 5.88. The highest BCUT2D eigenvalue weighted by atomic mass is 19.1. The summed E-state index contributed by atoms with van der Waals surface area (Å²) in [5.41, 5.74) is 0.925. The van der Waals surface area contributed by atoms with Gasteiger partial charge in [-0.25, -0.2) is 24.1 Å². The minimum Gasteiger partial charge on any atom is -0.336 e. The van der Waals surface area contributed by atoms with Gasteiger partial charge in [-0.2, -0.15) is 0 Å². The van der Waals surface area contributed by atoms with Crippen LogP contribution >= 0.6 is 0 Å². The van der Waals surface area contributed by atoms with Crippen LogP contribution in [0.4, 0.5) is 15.0 Å². The van der Waals surface area contributed by atoms with Crippen molar-refractivity contribution < 1.29 is 9.18 Å². The van der Waals surface area contributed by atoms with Crippen molar-refractivity contribution in [3.8, 4) is 0 Å². The van der Waals surface area contributed by atoms with Gasteiger partial charge in [-0.1, -0.05) is 6.07 Å². The first-order chi connectivity index (χ1) is 11.7. The van der Waals surface area contributed by atoms with Crippen molar-refractivity contribution in [2.45, 2.75) is 25.2 Å². The largest absolute Gasteiger partial charge is 0.336 e. The predicted molar refractivity (Wildman–Crippen MR) is 87.0 cm³/mol. The second kappa shape index (κ2) is 7.78. The summed E-state index contributed by atoms with van der Waals surface area (Å²) < 4.78 is 13.8. The number of rotatable bonds is 5. The molecule has 2 aromatic rings. The summed E-state index contributed by atoms with van der Waals surface area (Å²) in [5, 5.41) is 5.43. The van der Waals surface area contributed by atoms with E-state index in [2.05, 4.69) is 25.6 Å². The minimum atomic E-state index is -0.889. The zero-order valence-corrected chi connectivity index (χ0v) is 13.1. The molecule has 126 valence electrons. The lowest BCUT2D eigenvalue weighted by Crippen LogP contribution is -2.41. The van der Waals surface area contributed by atoms with Crippen LogP contribution in [0.25, 0.3) is 0 Å². The monoisotopic (exact) mass is 330 g/mol. The van der Waals surface area contributed by atoms with Crippen molar-refractivity contribution in [1.29, 1.82) is 0 Å². The summed E-state index contributed by atoms with van der Waals surface area (Å²) in [5.74, 6) is 0.475. The fraction of sp³-hybridized carbons (Fsp3) is 0.375. The maximum Gasteiger partial charge on any atom is 0.320 e. The number of pyridine rings is 1. The summed E-state index contributed by atoms with van der Waals surface area (Å²) in [6.45, 7) is 1.28. The Kier molecular flexibility index (Phi) is 5.27. The molecule has 3 rings (SSSR count). The van der Waals surface area contributed by atoms with E-state index < -0.39 is 6.17 Å². The molecule has 0 spiro atoms. The first-order valence-corrected chi connectivity index (χ1v) is 7.78. The minimum absolute atomic E-state index is 0.0605. The van der Waals surface area contributed by atoms with E-state index in [0.717, 1.165) is 5.56 Å². The van der Waals surface area contributed by atoms with E-state index in [0.29, 0.717) is 31.9 Å². The number of nitrogens with zero attached hydrogens (tertiary/aromatic N) is 4. The van der Waals surface area contributed by atoms with Crippen LogP contribution < -0.4 is 10.6 Å². The van der Waals surface area contributed by atoms with Crippen LogP contribution in [0, 0.1) is 0 Å². The third kappa shape index (κ3) is 4.45. The zero-order chi connectivity index (χ0) is 16.8. The number of carbonyl (C=O) groups excluding carboxylic acids is 1. The average Bonchev–Trinajstić information content (AvgIpc) is 2.94. The molecule has 2 N–H and O–H groups in total. The number of anilines is 1. The summed E-state index contributed by atoms with van der Waals surface area (Å²) in [6.07, 6.45) is 6.02. The van der Waals surface area contributed by atoms with Gasteiger partial charge < -0.3 is 5.32 Å². The quantitative estimate of drug-likeness (QED) is 0.870. The average molecular weight is 330 g/mol. The first kappa shape index (κ1) is 16.3. The van der Waals surface area contributed by atoms with Gasteiger partial charge in [-0.15, -0.1) is 0 Å². The van der Waals surface area contributed by atoms with E-state index in [1.54, 1.807) is 36.8 Å². The second-order valence-electron chi connectivity index (χ2n) is 5.71. The van der Waals surface area contributed by atoms with Gasteiger partial charge in [0, 0.05) is 49.8 Å². The number of amides is 2. The molecule has 0 aromatic carbocycles. The lowest BCUT2D eigenvalue weighted by Gasteiger charge is -2.24. The molecule has 1 aliphatic heterocycles. The molecule has 2 aromatic heterocycles. The van der Waals surface area contributed by atoms with Crippen molar-refractivity contribution >= 4 is 11.8 Å². The van der Waals surface area contributed by atoms with Gasteiger partial charge in [-0.05, 0) is 18.6 Å². The van der Waals surface area contributed by atoms with Gasteiger partial charge in [0.25, 0.3) is 0 Å². The number of nitrogens with one attached hydrogen (secondary N) is 2. The van der Waals surface area contributed by atoms with Crippen molar-refractivity contribution in [2.24, 2.45) is 0 Å². The summed E-state index contributed by atoms with van der Waals surface area (Å²) in [6, 6.07) is 4.85. The molecular weight excluding hydrogens is 311 g/mol. The maximum absolute atomic E-state index is 13.8. The number of urea groups is 1. The molecule has 1 fully saturated rings. The summed E-state index contributed by atoms with van der Waals surface area (Å²) >= 11 is 0. The Bertz CT molecular complexity index is 656. The van der Waals surface area contributed by atoms with E-state index in [1.165, 1.54) is 6.33 Å².